The van der Waals surface area contributed by atoms with E-state index in [1.807, 2.05) is 50.4 Å². The molecule has 0 fully saturated rings. The average molecular weight is 277 g/mol. The number of nitrogen functional groups attached to an aromatic ring is 1. The Balaban J connectivity index is 2.43. The number of nitrogens with two attached hydrogens (primary N) is 1. The van der Waals surface area contributed by atoms with Crippen LogP contribution in [-0.4, -0.2) is 14.2 Å². The molecule has 0 aliphatic heterocycles. The van der Waals surface area contributed by atoms with E-state index in [0.29, 0.717) is 10.7 Å². The highest BCUT2D eigenvalue weighted by Gasteiger charge is 2.10. The van der Waals surface area contributed by atoms with Gasteiger partial charge in [-0.05, 0) is 36.8 Å². The molecular weight excluding hydrogens is 260 g/mol. The predicted octanol–water partition coefficient (Wildman–Crippen LogP) is 4.01. The zero-order valence-electron chi connectivity index (χ0n) is 11.3. The molecule has 0 amide bonds. The molecular formula is C15H17ClN2O. The van der Waals surface area contributed by atoms with Gasteiger partial charge in [0.2, 0.25) is 0 Å². The smallest absolute Gasteiger partial charge is 0.120 e. The lowest BCUT2D eigenvalue weighted by Crippen LogP contribution is -2.11. The molecule has 0 atom stereocenters. The quantitative estimate of drug-likeness (QED) is 0.861. The third kappa shape index (κ3) is 2.76. The maximum atomic E-state index is 6.10. The minimum Gasteiger partial charge on any atom is -0.497 e. The molecule has 3 nitrogen and oxygen atoms in total. The SMILES string of the molecule is COc1cccc(N(C)c2cc(Cl)c(N)cc2C)c1. The van der Waals surface area contributed by atoms with E-state index in [9.17, 15) is 0 Å². The van der Waals surface area contributed by atoms with E-state index >= 15 is 0 Å². The van der Waals surface area contributed by atoms with Crippen molar-refractivity contribution in [2.24, 2.45) is 0 Å². The van der Waals surface area contributed by atoms with Crippen LogP contribution >= 0.6 is 11.6 Å². The second-order valence-electron chi connectivity index (χ2n) is 4.42. The monoisotopic (exact) mass is 276 g/mol. The topological polar surface area (TPSA) is 38.5 Å². The Labute approximate surface area is 118 Å². The van der Waals surface area contributed by atoms with Crippen LogP contribution in [0.3, 0.4) is 0 Å². The van der Waals surface area contributed by atoms with Crippen molar-refractivity contribution in [3.05, 3.63) is 47.0 Å². The standard InChI is InChI=1S/C15H17ClN2O/c1-10-7-14(17)13(16)9-15(10)18(2)11-5-4-6-12(8-11)19-3/h4-9H,17H2,1-3H3. The molecule has 0 aromatic heterocycles. The van der Waals surface area contributed by atoms with E-state index < -0.39 is 0 Å². The molecule has 2 N–H and O–H groups in total. The van der Waals surface area contributed by atoms with Gasteiger partial charge >= 0.3 is 0 Å². The summed E-state index contributed by atoms with van der Waals surface area (Å²) in [5, 5.41) is 0.565. The Morgan fingerprint density at radius 2 is 1.95 bits per heavy atom. The maximum absolute atomic E-state index is 6.10. The molecule has 0 saturated heterocycles. The normalized spacial score (nSPS) is 10.3. The lowest BCUT2D eigenvalue weighted by molar-refractivity contribution is 0.415. The number of benzene rings is 2. The van der Waals surface area contributed by atoms with Crippen molar-refractivity contribution < 1.29 is 4.74 Å². The lowest BCUT2D eigenvalue weighted by Gasteiger charge is -2.22. The van der Waals surface area contributed by atoms with Crippen molar-refractivity contribution in [2.75, 3.05) is 24.8 Å². The third-order valence-corrected chi connectivity index (χ3v) is 3.44. The summed E-state index contributed by atoms with van der Waals surface area (Å²) in [5.74, 6) is 0.823. The highest BCUT2D eigenvalue weighted by atomic mass is 35.5. The number of ether oxygens (including phenoxy) is 1. The van der Waals surface area contributed by atoms with Crippen LogP contribution in [-0.2, 0) is 0 Å². The number of hydrogen-bond donors (Lipinski definition) is 1. The van der Waals surface area contributed by atoms with Gasteiger partial charge in [0, 0.05) is 24.5 Å². The van der Waals surface area contributed by atoms with E-state index in [1.165, 1.54) is 0 Å². The van der Waals surface area contributed by atoms with Crippen molar-refractivity contribution in [1.29, 1.82) is 0 Å². The first-order chi connectivity index (χ1) is 9.02. The molecule has 4 heteroatoms. The second-order valence-corrected chi connectivity index (χ2v) is 4.83. The van der Waals surface area contributed by atoms with Gasteiger partial charge in [0.05, 0.1) is 17.8 Å². The van der Waals surface area contributed by atoms with Crippen LogP contribution in [0.15, 0.2) is 36.4 Å². The first kappa shape index (κ1) is 13.6. The second kappa shape index (κ2) is 5.41. The summed E-state index contributed by atoms with van der Waals surface area (Å²) >= 11 is 6.10. The number of rotatable bonds is 3. The van der Waals surface area contributed by atoms with Gasteiger partial charge in [0.15, 0.2) is 0 Å². The lowest BCUT2D eigenvalue weighted by atomic mass is 10.1. The number of anilines is 3. The molecule has 2 aromatic carbocycles. The average Bonchev–Trinajstić information content (AvgIpc) is 2.42. The van der Waals surface area contributed by atoms with Crippen LogP contribution in [0.1, 0.15) is 5.56 Å². The van der Waals surface area contributed by atoms with Gasteiger partial charge < -0.3 is 15.4 Å². The van der Waals surface area contributed by atoms with Crippen LogP contribution in [0.25, 0.3) is 0 Å². The Bertz CT molecular complexity index is 599. The predicted molar refractivity (Wildman–Crippen MR) is 81.7 cm³/mol. The van der Waals surface area contributed by atoms with Crippen molar-refractivity contribution >= 4 is 28.7 Å². The Morgan fingerprint density at radius 3 is 2.63 bits per heavy atom. The Kier molecular flexibility index (Phi) is 3.86. The Morgan fingerprint density at radius 1 is 1.21 bits per heavy atom. The maximum Gasteiger partial charge on any atom is 0.120 e. The largest absolute Gasteiger partial charge is 0.497 e. The van der Waals surface area contributed by atoms with Crippen LogP contribution in [0, 0.1) is 6.92 Å². The minimum atomic E-state index is 0.565. The fourth-order valence-corrected chi connectivity index (χ4v) is 2.17. The van der Waals surface area contributed by atoms with E-state index in [0.717, 1.165) is 22.7 Å². The minimum absolute atomic E-state index is 0.565. The van der Waals surface area contributed by atoms with E-state index in [1.54, 1.807) is 7.11 Å². The highest BCUT2D eigenvalue weighted by Crippen LogP contribution is 2.33. The summed E-state index contributed by atoms with van der Waals surface area (Å²) in [4.78, 5) is 2.06. The summed E-state index contributed by atoms with van der Waals surface area (Å²) in [5.41, 5.74) is 9.53. The fourth-order valence-electron chi connectivity index (χ4n) is 2.01. The summed E-state index contributed by atoms with van der Waals surface area (Å²) < 4.78 is 5.24. The van der Waals surface area contributed by atoms with E-state index in [4.69, 9.17) is 22.1 Å². The molecule has 0 aliphatic rings. The molecule has 2 aromatic rings. The summed E-state index contributed by atoms with van der Waals surface area (Å²) in [6, 6.07) is 11.6. The van der Waals surface area contributed by atoms with Crippen LogP contribution in [0.2, 0.25) is 5.02 Å². The molecule has 0 aliphatic carbocycles. The zero-order chi connectivity index (χ0) is 14.0. The molecule has 0 heterocycles. The fraction of sp³-hybridized carbons (Fsp3) is 0.200. The van der Waals surface area contributed by atoms with Gasteiger partial charge in [-0.3, -0.25) is 0 Å². The molecule has 0 radical (unpaired) electrons. The van der Waals surface area contributed by atoms with Gasteiger partial charge in [-0.25, -0.2) is 0 Å². The third-order valence-electron chi connectivity index (χ3n) is 3.12. The van der Waals surface area contributed by atoms with Gasteiger partial charge in [-0.15, -0.1) is 0 Å². The van der Waals surface area contributed by atoms with Crippen LogP contribution < -0.4 is 15.4 Å². The molecule has 19 heavy (non-hydrogen) atoms. The van der Waals surface area contributed by atoms with E-state index in [-0.39, 0.29) is 0 Å². The Hall–Kier alpha value is -1.87. The van der Waals surface area contributed by atoms with Crippen molar-refractivity contribution in [1.82, 2.24) is 0 Å². The number of methoxy groups -OCH3 is 1. The highest BCUT2D eigenvalue weighted by molar-refractivity contribution is 6.33. The van der Waals surface area contributed by atoms with Gasteiger partial charge in [-0.2, -0.15) is 0 Å². The molecule has 100 valence electrons. The molecule has 0 bridgehead atoms. The summed E-state index contributed by atoms with van der Waals surface area (Å²) in [7, 11) is 3.65. The van der Waals surface area contributed by atoms with Crippen molar-refractivity contribution in [3.8, 4) is 5.75 Å². The first-order valence-corrected chi connectivity index (χ1v) is 6.34. The first-order valence-electron chi connectivity index (χ1n) is 5.96. The van der Waals surface area contributed by atoms with Crippen LogP contribution in [0.4, 0.5) is 17.1 Å². The molecule has 0 unspecified atom stereocenters. The summed E-state index contributed by atoms with van der Waals surface area (Å²) in [6.45, 7) is 2.01. The molecule has 0 spiro atoms. The van der Waals surface area contributed by atoms with Crippen molar-refractivity contribution in [3.63, 3.8) is 0 Å². The van der Waals surface area contributed by atoms with E-state index in [2.05, 4.69) is 4.90 Å². The van der Waals surface area contributed by atoms with Gasteiger partial charge in [0.25, 0.3) is 0 Å². The van der Waals surface area contributed by atoms with Crippen LogP contribution in [0.5, 0.6) is 5.75 Å². The number of nitrogens with zero attached hydrogens (tertiary/aromatic N) is 1. The number of aryl methyl sites for hydroxylation is 1. The zero-order valence-corrected chi connectivity index (χ0v) is 12.0. The number of halogens is 1. The molecule has 0 saturated carbocycles. The van der Waals surface area contributed by atoms with Crippen molar-refractivity contribution in [2.45, 2.75) is 6.92 Å². The molecule has 2 rings (SSSR count). The van der Waals surface area contributed by atoms with Gasteiger partial charge in [-0.1, -0.05) is 17.7 Å². The summed E-state index contributed by atoms with van der Waals surface area (Å²) in [6.07, 6.45) is 0. The number of hydrogen-bond acceptors (Lipinski definition) is 3. The van der Waals surface area contributed by atoms with Gasteiger partial charge in [0.1, 0.15) is 5.75 Å².